The van der Waals surface area contributed by atoms with Crippen molar-refractivity contribution in [2.45, 2.75) is 42.9 Å². The number of likely N-dealkylation sites (tertiary alicyclic amines) is 1. The number of thioether (sulfide) groups is 1. The van der Waals surface area contributed by atoms with Crippen molar-refractivity contribution in [3.8, 4) is 0 Å². The molecule has 0 bridgehead atoms. The molecule has 1 aliphatic heterocycles. The van der Waals surface area contributed by atoms with Crippen LogP contribution in [0.3, 0.4) is 0 Å². The van der Waals surface area contributed by atoms with Crippen molar-refractivity contribution in [3.05, 3.63) is 65.7 Å². The lowest BCUT2D eigenvalue weighted by atomic mass is 10.1. The van der Waals surface area contributed by atoms with Crippen LogP contribution in [0.5, 0.6) is 0 Å². The smallest absolute Gasteiger partial charge is 0.251 e. The largest absolute Gasteiger partial charge is 0.343 e. The highest BCUT2D eigenvalue weighted by atomic mass is 32.2. The molecule has 142 valence electrons. The van der Waals surface area contributed by atoms with Crippen LogP contribution in [-0.2, 0) is 4.79 Å². The monoisotopic (exact) mass is 382 g/mol. The van der Waals surface area contributed by atoms with Gasteiger partial charge >= 0.3 is 0 Å². The molecule has 0 saturated carbocycles. The summed E-state index contributed by atoms with van der Waals surface area (Å²) in [6, 6.07) is 17.3. The van der Waals surface area contributed by atoms with Crippen molar-refractivity contribution in [3.63, 3.8) is 0 Å². The Balaban J connectivity index is 1.72. The van der Waals surface area contributed by atoms with E-state index in [1.165, 1.54) is 0 Å². The van der Waals surface area contributed by atoms with E-state index in [-0.39, 0.29) is 17.9 Å². The third kappa shape index (κ3) is 5.36. The summed E-state index contributed by atoms with van der Waals surface area (Å²) in [5.74, 6) is 0.0526. The summed E-state index contributed by atoms with van der Waals surface area (Å²) in [7, 11) is 0. The van der Waals surface area contributed by atoms with Crippen LogP contribution in [0.2, 0.25) is 0 Å². The zero-order valence-corrected chi connectivity index (χ0v) is 16.7. The summed E-state index contributed by atoms with van der Waals surface area (Å²) >= 11 is 1.78. The van der Waals surface area contributed by atoms with Crippen molar-refractivity contribution >= 4 is 23.6 Å². The molecule has 0 aliphatic carbocycles. The number of nitrogens with zero attached hydrogens (tertiary/aromatic N) is 1. The third-order valence-electron chi connectivity index (χ3n) is 4.57. The summed E-state index contributed by atoms with van der Waals surface area (Å²) in [5, 5.41) is 3.62. The molecule has 5 heteroatoms. The van der Waals surface area contributed by atoms with Gasteiger partial charge in [0.25, 0.3) is 5.91 Å². The summed E-state index contributed by atoms with van der Waals surface area (Å²) in [6.45, 7) is 5.57. The highest BCUT2D eigenvalue weighted by molar-refractivity contribution is 7.99. The van der Waals surface area contributed by atoms with Gasteiger partial charge in [0.05, 0.1) is 6.04 Å². The second-order valence-electron chi connectivity index (χ2n) is 7.07. The molecule has 27 heavy (non-hydrogen) atoms. The molecular formula is C22H26N2O2S. The predicted octanol–water partition coefficient (Wildman–Crippen LogP) is 4.28. The predicted molar refractivity (Wildman–Crippen MR) is 110 cm³/mol. The summed E-state index contributed by atoms with van der Waals surface area (Å²) < 4.78 is 0. The number of nitrogens with one attached hydrogen (secondary N) is 1. The van der Waals surface area contributed by atoms with Gasteiger partial charge in [-0.25, -0.2) is 0 Å². The van der Waals surface area contributed by atoms with Gasteiger partial charge < -0.3 is 10.2 Å². The molecular weight excluding hydrogens is 356 g/mol. The minimum absolute atomic E-state index is 0.114. The number of carbonyl (C=O) groups is 2. The number of carbonyl (C=O) groups excluding carboxylic acids is 2. The van der Waals surface area contributed by atoms with E-state index in [0.717, 1.165) is 23.4 Å². The van der Waals surface area contributed by atoms with Gasteiger partial charge in [0.15, 0.2) is 0 Å². The van der Waals surface area contributed by atoms with Gasteiger partial charge in [-0.1, -0.05) is 44.2 Å². The van der Waals surface area contributed by atoms with E-state index in [2.05, 4.69) is 19.2 Å². The molecule has 2 amide bonds. The van der Waals surface area contributed by atoms with Gasteiger partial charge in [-0.05, 0) is 36.2 Å². The van der Waals surface area contributed by atoms with Crippen molar-refractivity contribution in [2.24, 2.45) is 0 Å². The van der Waals surface area contributed by atoms with Crippen LogP contribution < -0.4 is 5.32 Å². The Morgan fingerprint density at radius 3 is 2.41 bits per heavy atom. The first kappa shape index (κ1) is 19.5. The fourth-order valence-corrected chi connectivity index (χ4v) is 4.07. The number of benzene rings is 2. The molecule has 1 heterocycles. The van der Waals surface area contributed by atoms with Gasteiger partial charge in [-0.3, -0.25) is 9.59 Å². The molecule has 3 rings (SSSR count). The molecule has 1 fully saturated rings. The Morgan fingerprint density at radius 1 is 1.11 bits per heavy atom. The molecule has 1 N–H and O–H groups in total. The molecule has 1 aliphatic rings. The minimum Gasteiger partial charge on any atom is -0.343 e. The van der Waals surface area contributed by atoms with E-state index in [1.54, 1.807) is 11.8 Å². The van der Waals surface area contributed by atoms with Crippen LogP contribution in [-0.4, -0.2) is 35.1 Å². The summed E-state index contributed by atoms with van der Waals surface area (Å²) in [6.07, 6.45) is 1.49. The topological polar surface area (TPSA) is 49.4 Å². The van der Waals surface area contributed by atoms with E-state index in [9.17, 15) is 9.59 Å². The van der Waals surface area contributed by atoms with Gasteiger partial charge in [0.1, 0.15) is 0 Å². The van der Waals surface area contributed by atoms with Crippen molar-refractivity contribution in [1.29, 1.82) is 0 Å². The Morgan fingerprint density at radius 2 is 1.81 bits per heavy atom. The molecule has 0 aromatic heterocycles. The van der Waals surface area contributed by atoms with Gasteiger partial charge in [-0.15, -0.1) is 11.8 Å². The van der Waals surface area contributed by atoms with E-state index >= 15 is 0 Å². The highest BCUT2D eigenvalue weighted by Gasteiger charge is 2.25. The molecule has 0 spiro atoms. The van der Waals surface area contributed by atoms with Gasteiger partial charge in [0, 0.05) is 35.2 Å². The molecule has 1 atom stereocenters. The van der Waals surface area contributed by atoms with Gasteiger partial charge in [-0.2, -0.15) is 0 Å². The minimum atomic E-state index is -0.217. The fraction of sp³-hybridized carbons (Fsp3) is 0.364. The lowest BCUT2D eigenvalue weighted by molar-refractivity contribution is -0.128. The quantitative estimate of drug-likeness (QED) is 0.727. The van der Waals surface area contributed by atoms with Crippen LogP contribution in [0, 0.1) is 0 Å². The molecule has 0 radical (unpaired) electrons. The Labute approximate surface area is 165 Å². The van der Waals surface area contributed by atoms with Crippen molar-refractivity contribution < 1.29 is 9.59 Å². The van der Waals surface area contributed by atoms with E-state index in [4.69, 9.17) is 0 Å². The second-order valence-corrected chi connectivity index (χ2v) is 8.72. The van der Waals surface area contributed by atoms with Crippen LogP contribution in [0.15, 0.2) is 59.5 Å². The first-order chi connectivity index (χ1) is 13.0. The number of hydrogen-bond donors (Lipinski definition) is 1. The molecule has 1 unspecified atom stereocenters. The first-order valence-electron chi connectivity index (χ1n) is 9.43. The van der Waals surface area contributed by atoms with Crippen molar-refractivity contribution in [1.82, 2.24) is 10.2 Å². The number of hydrogen-bond acceptors (Lipinski definition) is 3. The average molecular weight is 383 g/mol. The van der Waals surface area contributed by atoms with Crippen LogP contribution in [0.25, 0.3) is 0 Å². The zero-order valence-electron chi connectivity index (χ0n) is 15.9. The number of rotatable bonds is 7. The molecule has 1 saturated heterocycles. The Bertz CT molecular complexity index is 775. The number of amides is 2. The first-order valence-corrected chi connectivity index (χ1v) is 10.3. The maximum absolute atomic E-state index is 12.8. The Kier molecular flexibility index (Phi) is 6.56. The second kappa shape index (κ2) is 9.09. The maximum atomic E-state index is 12.8. The maximum Gasteiger partial charge on any atom is 0.251 e. The lowest BCUT2D eigenvalue weighted by Crippen LogP contribution is -2.38. The summed E-state index contributed by atoms with van der Waals surface area (Å²) in [5.41, 5.74) is 1.65. The van der Waals surface area contributed by atoms with Crippen molar-refractivity contribution in [2.75, 3.05) is 13.1 Å². The molecule has 2 aromatic carbocycles. The molecule has 2 aromatic rings. The molecule has 4 nitrogen and oxygen atoms in total. The van der Waals surface area contributed by atoms with Crippen LogP contribution >= 0.6 is 11.8 Å². The standard InChI is InChI=1S/C22H26N2O2S/c1-16(2)27-19-12-10-18(11-13-19)22(26)23-20(17-7-4-3-5-8-17)15-24-14-6-9-21(24)25/h3-5,7-8,10-13,16,20H,6,9,14-15H2,1-2H3,(H,23,26). The third-order valence-corrected chi connectivity index (χ3v) is 5.59. The van der Waals surface area contributed by atoms with E-state index < -0.39 is 0 Å². The highest BCUT2D eigenvalue weighted by Crippen LogP contribution is 2.23. The Hall–Kier alpha value is -2.27. The summed E-state index contributed by atoms with van der Waals surface area (Å²) in [4.78, 5) is 27.8. The fourth-order valence-electron chi connectivity index (χ4n) is 3.24. The SMILES string of the molecule is CC(C)Sc1ccc(C(=O)NC(CN2CCCC2=O)c2ccccc2)cc1. The zero-order chi connectivity index (χ0) is 19.2. The van der Waals surface area contributed by atoms with E-state index in [1.807, 2.05) is 59.5 Å². The average Bonchev–Trinajstić information content (AvgIpc) is 3.06. The van der Waals surface area contributed by atoms with Crippen LogP contribution in [0.4, 0.5) is 0 Å². The van der Waals surface area contributed by atoms with E-state index in [0.29, 0.717) is 23.8 Å². The van der Waals surface area contributed by atoms with Gasteiger partial charge in [0.2, 0.25) is 5.91 Å². The normalized spacial score (nSPS) is 15.2. The lowest BCUT2D eigenvalue weighted by Gasteiger charge is -2.25. The van der Waals surface area contributed by atoms with Crippen LogP contribution in [0.1, 0.15) is 48.7 Å².